The lowest BCUT2D eigenvalue weighted by molar-refractivity contribution is -0.384. The van der Waals surface area contributed by atoms with Crippen molar-refractivity contribution < 1.29 is 4.92 Å². The highest BCUT2D eigenvalue weighted by atomic mass is 32.2. The lowest BCUT2D eigenvalue weighted by atomic mass is 10.3. The van der Waals surface area contributed by atoms with Crippen molar-refractivity contribution in [2.24, 2.45) is 5.10 Å². The molecule has 0 saturated carbocycles. The third-order valence-corrected chi connectivity index (χ3v) is 4.42. The van der Waals surface area contributed by atoms with E-state index in [0.29, 0.717) is 5.69 Å². The molecule has 0 aliphatic heterocycles. The summed E-state index contributed by atoms with van der Waals surface area (Å²) in [5, 5.41) is 16.7. The van der Waals surface area contributed by atoms with E-state index in [2.05, 4.69) is 10.5 Å². The zero-order chi connectivity index (χ0) is 13.7. The summed E-state index contributed by atoms with van der Waals surface area (Å²) >= 11 is 3.32. The first-order valence-electron chi connectivity index (χ1n) is 5.35. The van der Waals surface area contributed by atoms with Crippen molar-refractivity contribution in [3.8, 4) is 0 Å². The summed E-state index contributed by atoms with van der Waals surface area (Å²) in [5.41, 5.74) is 4.46. The number of rotatable bonds is 5. The smallest absolute Gasteiger partial charge is 0.271 e. The molecule has 5 nitrogen and oxygen atoms in total. The Hall–Kier alpha value is -1.86. The molecule has 98 valence electrons. The molecule has 1 heterocycles. The summed E-state index contributed by atoms with van der Waals surface area (Å²) in [7, 11) is 0. The topological polar surface area (TPSA) is 67.5 Å². The fourth-order valence-electron chi connectivity index (χ4n) is 1.43. The molecular formula is C12H11N3O2S2. The summed E-state index contributed by atoms with van der Waals surface area (Å²) in [6.07, 6.45) is 3.72. The highest BCUT2D eigenvalue weighted by molar-refractivity contribution is 8.00. The Labute approximate surface area is 118 Å². The first-order valence-corrected chi connectivity index (χ1v) is 7.46. The maximum Gasteiger partial charge on any atom is 0.271 e. The summed E-state index contributed by atoms with van der Waals surface area (Å²) in [5.74, 6) is 0. The number of nitro benzene ring substituents is 1. The van der Waals surface area contributed by atoms with E-state index in [1.807, 2.05) is 17.7 Å². The average Bonchev–Trinajstić information content (AvgIpc) is 2.86. The van der Waals surface area contributed by atoms with Crippen molar-refractivity contribution in [2.45, 2.75) is 4.21 Å². The number of benzene rings is 1. The van der Waals surface area contributed by atoms with Crippen LogP contribution in [0.1, 0.15) is 5.56 Å². The lowest BCUT2D eigenvalue weighted by Crippen LogP contribution is -1.92. The molecule has 0 saturated heterocycles. The van der Waals surface area contributed by atoms with Crippen LogP contribution in [0.5, 0.6) is 0 Å². The van der Waals surface area contributed by atoms with Gasteiger partial charge in [0.1, 0.15) is 0 Å². The van der Waals surface area contributed by atoms with Gasteiger partial charge in [0.15, 0.2) is 0 Å². The molecule has 0 aliphatic rings. The van der Waals surface area contributed by atoms with Gasteiger partial charge >= 0.3 is 0 Å². The van der Waals surface area contributed by atoms with Crippen molar-refractivity contribution >= 4 is 40.7 Å². The van der Waals surface area contributed by atoms with E-state index in [4.69, 9.17) is 0 Å². The van der Waals surface area contributed by atoms with Crippen molar-refractivity contribution in [2.75, 3.05) is 11.7 Å². The molecule has 0 bridgehead atoms. The number of nitrogens with zero attached hydrogens (tertiary/aromatic N) is 2. The fourth-order valence-corrected chi connectivity index (χ4v) is 2.94. The molecule has 19 heavy (non-hydrogen) atoms. The number of hydrazone groups is 1. The molecule has 0 unspecified atom stereocenters. The van der Waals surface area contributed by atoms with Crippen LogP contribution in [0.2, 0.25) is 0 Å². The van der Waals surface area contributed by atoms with Gasteiger partial charge in [-0.25, -0.2) is 0 Å². The summed E-state index contributed by atoms with van der Waals surface area (Å²) < 4.78 is 1.18. The molecule has 2 rings (SSSR count). The monoisotopic (exact) mass is 293 g/mol. The Balaban J connectivity index is 2.06. The van der Waals surface area contributed by atoms with E-state index in [1.165, 1.54) is 16.3 Å². The van der Waals surface area contributed by atoms with Crippen LogP contribution in [0, 0.1) is 10.1 Å². The molecule has 0 spiro atoms. The van der Waals surface area contributed by atoms with E-state index in [1.54, 1.807) is 41.4 Å². The highest BCUT2D eigenvalue weighted by Crippen LogP contribution is 2.25. The van der Waals surface area contributed by atoms with E-state index >= 15 is 0 Å². The predicted octanol–water partition coefficient (Wildman–Crippen LogP) is 3.82. The Morgan fingerprint density at radius 2 is 2.32 bits per heavy atom. The van der Waals surface area contributed by atoms with Gasteiger partial charge in [0, 0.05) is 17.7 Å². The fraction of sp³-hybridized carbons (Fsp3) is 0.0833. The van der Waals surface area contributed by atoms with Crippen LogP contribution in [-0.4, -0.2) is 17.4 Å². The van der Waals surface area contributed by atoms with Crippen molar-refractivity contribution in [3.05, 3.63) is 51.4 Å². The maximum atomic E-state index is 10.6. The molecule has 1 aromatic heterocycles. The highest BCUT2D eigenvalue weighted by Gasteiger charge is 2.04. The molecule has 0 atom stereocenters. The van der Waals surface area contributed by atoms with E-state index in [0.717, 1.165) is 5.56 Å². The summed E-state index contributed by atoms with van der Waals surface area (Å²) in [6.45, 7) is 0. The number of thioether (sulfide) groups is 1. The zero-order valence-corrected chi connectivity index (χ0v) is 11.7. The van der Waals surface area contributed by atoms with E-state index in [-0.39, 0.29) is 5.69 Å². The molecular weight excluding hydrogens is 282 g/mol. The molecule has 2 aromatic rings. The second-order valence-corrected chi connectivity index (χ2v) is 5.54. The van der Waals surface area contributed by atoms with Gasteiger partial charge in [-0.1, -0.05) is 6.07 Å². The minimum absolute atomic E-state index is 0.0422. The average molecular weight is 293 g/mol. The number of thiophene rings is 1. The van der Waals surface area contributed by atoms with Crippen LogP contribution < -0.4 is 5.43 Å². The molecule has 1 aromatic carbocycles. The maximum absolute atomic E-state index is 10.6. The quantitative estimate of drug-likeness (QED) is 0.394. The first-order chi connectivity index (χ1) is 9.20. The Bertz CT molecular complexity index is 611. The van der Waals surface area contributed by atoms with Crippen molar-refractivity contribution in [3.63, 3.8) is 0 Å². The third-order valence-electron chi connectivity index (χ3n) is 2.30. The van der Waals surface area contributed by atoms with Gasteiger partial charge in [0.2, 0.25) is 0 Å². The minimum Gasteiger partial charge on any atom is -0.278 e. The van der Waals surface area contributed by atoms with Gasteiger partial charge < -0.3 is 0 Å². The van der Waals surface area contributed by atoms with Gasteiger partial charge in [-0.3, -0.25) is 15.5 Å². The van der Waals surface area contributed by atoms with Crippen LogP contribution in [-0.2, 0) is 0 Å². The van der Waals surface area contributed by atoms with E-state index < -0.39 is 4.92 Å². The van der Waals surface area contributed by atoms with Gasteiger partial charge in [-0.05, 0) is 23.8 Å². The Morgan fingerprint density at radius 3 is 3.05 bits per heavy atom. The van der Waals surface area contributed by atoms with Crippen LogP contribution in [0.3, 0.4) is 0 Å². The number of hydrogen-bond acceptors (Lipinski definition) is 6. The van der Waals surface area contributed by atoms with Crippen LogP contribution >= 0.6 is 23.1 Å². The van der Waals surface area contributed by atoms with E-state index in [9.17, 15) is 10.1 Å². The minimum atomic E-state index is -0.431. The molecule has 1 N–H and O–H groups in total. The normalized spacial score (nSPS) is 10.8. The lowest BCUT2D eigenvalue weighted by Gasteiger charge is -1.99. The first kappa shape index (κ1) is 13.6. The second-order valence-electron chi connectivity index (χ2n) is 3.54. The van der Waals surface area contributed by atoms with Gasteiger partial charge in [-0.15, -0.1) is 23.1 Å². The summed E-state index contributed by atoms with van der Waals surface area (Å²) in [4.78, 5) is 10.2. The van der Waals surface area contributed by atoms with Crippen LogP contribution in [0.4, 0.5) is 11.4 Å². The van der Waals surface area contributed by atoms with Gasteiger partial charge in [-0.2, -0.15) is 5.10 Å². The molecule has 7 heteroatoms. The van der Waals surface area contributed by atoms with Gasteiger partial charge in [0.25, 0.3) is 5.69 Å². The zero-order valence-electron chi connectivity index (χ0n) is 10.1. The molecule has 0 amide bonds. The van der Waals surface area contributed by atoms with Crippen molar-refractivity contribution in [1.82, 2.24) is 0 Å². The SMILES string of the molecule is CSc1sccc1/C=N\Nc1cccc([N+](=O)[O-])c1. The number of anilines is 1. The molecule has 0 radical (unpaired) electrons. The third kappa shape index (κ3) is 3.55. The Morgan fingerprint density at radius 1 is 1.47 bits per heavy atom. The predicted molar refractivity (Wildman–Crippen MR) is 80.4 cm³/mol. The van der Waals surface area contributed by atoms with Crippen LogP contribution in [0.25, 0.3) is 0 Å². The largest absolute Gasteiger partial charge is 0.278 e. The number of nitrogens with one attached hydrogen (secondary N) is 1. The standard InChI is InChI=1S/C12H11N3O2S2/c1-18-12-9(5-6-19-12)8-13-14-10-3-2-4-11(7-10)15(16)17/h2-8,14H,1H3/b13-8-. The number of hydrogen-bond donors (Lipinski definition) is 1. The molecule has 0 aliphatic carbocycles. The van der Waals surface area contributed by atoms with Crippen LogP contribution in [0.15, 0.2) is 45.0 Å². The summed E-state index contributed by atoms with van der Waals surface area (Å²) in [6, 6.07) is 8.22. The molecule has 0 fully saturated rings. The number of nitro groups is 1. The number of non-ortho nitro benzene ring substituents is 1. The van der Waals surface area contributed by atoms with Gasteiger partial charge in [0.05, 0.1) is 21.0 Å². The Kier molecular flexibility index (Phi) is 4.53. The van der Waals surface area contributed by atoms with Crippen molar-refractivity contribution in [1.29, 1.82) is 0 Å². The second kappa shape index (κ2) is 6.35.